The van der Waals surface area contributed by atoms with Crippen molar-refractivity contribution in [1.82, 2.24) is 40.5 Å². The Labute approximate surface area is 464 Å². The van der Waals surface area contributed by atoms with Crippen molar-refractivity contribution >= 4 is 67.1 Å². The van der Waals surface area contributed by atoms with Crippen molar-refractivity contribution in [2.45, 2.75) is 111 Å². The van der Waals surface area contributed by atoms with Gasteiger partial charge < -0.3 is 40.5 Å². The fraction of sp³-hybridized carbons (Fsp3) is 0.444. The summed E-state index contributed by atoms with van der Waals surface area (Å²) in [6.45, 7) is 2.56. The first kappa shape index (κ1) is 57.5. The molecule has 4 aliphatic rings. The van der Waals surface area contributed by atoms with Gasteiger partial charge in [-0.2, -0.15) is 10.5 Å². The molecule has 414 valence electrons. The van der Waals surface area contributed by atoms with Gasteiger partial charge in [-0.3, -0.25) is 9.59 Å². The van der Waals surface area contributed by atoms with E-state index >= 15 is 0 Å². The Morgan fingerprint density at radius 2 is 0.923 bits per heavy atom. The van der Waals surface area contributed by atoms with Crippen LogP contribution in [-0.2, 0) is 42.5 Å². The summed E-state index contributed by atoms with van der Waals surface area (Å²) in [6.07, 6.45) is 5.38. The zero-order valence-electron chi connectivity index (χ0n) is 42.8. The lowest BCUT2D eigenvalue weighted by Crippen LogP contribution is -2.39. The van der Waals surface area contributed by atoms with Crippen LogP contribution in [0, 0.1) is 22.7 Å². The number of likely N-dealkylation sites (tertiary alicyclic amines) is 2. The van der Waals surface area contributed by atoms with Gasteiger partial charge in [0.25, 0.3) is 0 Å². The van der Waals surface area contributed by atoms with Crippen LogP contribution in [0.5, 0.6) is 11.5 Å². The third kappa shape index (κ3) is 15.1. The standard InChI is InChI=1S/C54H62Cl2N10O10S2/c55-37-27-35(31-57)45-15-17-49(47(45)29-37)75-41-7-11-43(12-8-41)77(71,72)63-39-19-25-65(33-39)51(67)5-3-23-61-53(69)59-21-1-2-22-60-54(70)62-24-4-6-52(68)66-26-20-40(34-66)64-78(73,74)44-13-9-42(10-14-44)76-50-18-16-46-36(32-58)28-38(56)30-48(46)50/h7-14,27-30,39-40,49-50,63-64H,1-6,15-26,33-34H2,(H2,59,61,69)(H2,60,62,70)/t39-,40-,49+,50+/m0/s1. The highest BCUT2D eigenvalue weighted by molar-refractivity contribution is 7.89. The first-order valence-electron chi connectivity index (χ1n) is 26.1. The highest BCUT2D eigenvalue weighted by Gasteiger charge is 2.33. The molecule has 0 saturated carbocycles. The van der Waals surface area contributed by atoms with Crippen molar-refractivity contribution in [2.75, 3.05) is 52.4 Å². The number of nitrogens with zero attached hydrogens (tertiary/aromatic N) is 4. The molecular formula is C54H62Cl2N10O10S2. The van der Waals surface area contributed by atoms with E-state index in [1.165, 1.54) is 24.3 Å². The molecular weight excluding hydrogens is 1080 g/mol. The Morgan fingerprint density at radius 1 is 0.551 bits per heavy atom. The van der Waals surface area contributed by atoms with Gasteiger partial charge in [-0.1, -0.05) is 23.2 Å². The van der Waals surface area contributed by atoms with Crippen molar-refractivity contribution in [3.8, 4) is 23.6 Å². The fourth-order valence-corrected chi connectivity index (χ4v) is 13.2. The predicted molar refractivity (Wildman–Crippen MR) is 290 cm³/mol. The van der Waals surface area contributed by atoms with E-state index in [4.69, 9.17) is 32.7 Å². The number of unbranched alkanes of at least 4 members (excludes halogenated alkanes) is 1. The van der Waals surface area contributed by atoms with Crippen LogP contribution >= 0.6 is 23.2 Å². The number of nitrogens with one attached hydrogen (secondary N) is 6. The quantitative estimate of drug-likeness (QED) is 0.0449. The molecule has 2 aliphatic heterocycles. The van der Waals surface area contributed by atoms with Gasteiger partial charge in [-0.15, -0.1) is 0 Å². The second-order valence-electron chi connectivity index (χ2n) is 19.7. The summed E-state index contributed by atoms with van der Waals surface area (Å²) in [5.74, 6) is 0.706. The molecule has 78 heavy (non-hydrogen) atoms. The van der Waals surface area contributed by atoms with Crippen molar-refractivity contribution in [2.24, 2.45) is 0 Å². The molecule has 2 heterocycles. The number of nitriles is 2. The third-order valence-electron chi connectivity index (χ3n) is 14.2. The Kier molecular flexibility index (Phi) is 19.4. The van der Waals surface area contributed by atoms with Crippen molar-refractivity contribution < 1.29 is 45.5 Å². The summed E-state index contributed by atoms with van der Waals surface area (Å²) in [6, 6.07) is 21.8. The van der Waals surface area contributed by atoms with Crippen LogP contribution in [0.4, 0.5) is 9.59 Å². The molecule has 4 aromatic carbocycles. The van der Waals surface area contributed by atoms with Crippen LogP contribution in [0.15, 0.2) is 82.6 Å². The Balaban J connectivity index is 0.618. The monoisotopic (exact) mass is 1140 g/mol. The maximum absolute atomic E-state index is 13.2. The summed E-state index contributed by atoms with van der Waals surface area (Å²) in [7, 11) is -7.75. The minimum Gasteiger partial charge on any atom is -0.486 e. The van der Waals surface area contributed by atoms with Gasteiger partial charge in [0.05, 0.1) is 33.1 Å². The first-order chi connectivity index (χ1) is 37.5. The fourth-order valence-electron chi connectivity index (χ4n) is 10.2. The van der Waals surface area contributed by atoms with E-state index in [2.05, 4.69) is 42.8 Å². The molecule has 24 heteroatoms. The molecule has 0 aromatic heterocycles. The topological polar surface area (TPSA) is 281 Å². The van der Waals surface area contributed by atoms with Crippen molar-refractivity contribution in [3.05, 3.63) is 116 Å². The number of rotatable bonds is 23. The van der Waals surface area contributed by atoms with E-state index in [1.54, 1.807) is 58.3 Å². The normalized spacial score (nSPS) is 18.6. The Hall–Kier alpha value is -6.66. The van der Waals surface area contributed by atoms with Crippen molar-refractivity contribution in [1.29, 1.82) is 10.5 Å². The van der Waals surface area contributed by atoms with E-state index in [1.807, 2.05) is 0 Å². The lowest BCUT2D eigenvalue weighted by Gasteiger charge is -2.18. The molecule has 6 amide bonds. The minimum atomic E-state index is -3.88. The molecule has 6 N–H and O–H groups in total. The zero-order valence-corrected chi connectivity index (χ0v) is 46.0. The van der Waals surface area contributed by atoms with Crippen LogP contribution in [-0.4, -0.2) is 115 Å². The molecule has 2 saturated heterocycles. The largest absolute Gasteiger partial charge is 0.486 e. The predicted octanol–water partition coefficient (Wildman–Crippen LogP) is 6.27. The number of amides is 6. The van der Waals surface area contributed by atoms with Crippen LogP contribution < -0.4 is 40.2 Å². The third-order valence-corrected chi connectivity index (χ3v) is 17.7. The second-order valence-corrected chi connectivity index (χ2v) is 24.0. The van der Waals surface area contributed by atoms with E-state index in [0.29, 0.717) is 123 Å². The SMILES string of the molecule is N#Cc1cc(Cl)cc2c1CC[C@H]2Oc1ccc(S(=O)(=O)N[C@H]2CCN(C(=O)CCCNC(=O)NCCCCNC(=O)NCCCC(=O)N3CC[C@H](NS(=O)(=O)c4ccc(O[C@@H]5CCc6c(C#N)cc(Cl)cc65)cc4)C3)C2)cc1. The number of benzene rings is 4. The molecule has 0 spiro atoms. The summed E-state index contributed by atoms with van der Waals surface area (Å²) < 4.78 is 70.6. The first-order valence-corrected chi connectivity index (χ1v) is 29.8. The molecule has 4 atom stereocenters. The average molecular weight is 1150 g/mol. The molecule has 8 rings (SSSR count). The molecule has 0 unspecified atom stereocenters. The van der Waals surface area contributed by atoms with Crippen molar-refractivity contribution in [3.63, 3.8) is 0 Å². The number of ether oxygens (including phenoxy) is 2. The van der Waals surface area contributed by atoms with Crippen LogP contribution in [0.2, 0.25) is 10.0 Å². The van der Waals surface area contributed by atoms with Gasteiger partial charge in [0.1, 0.15) is 23.7 Å². The number of carbonyl (C=O) groups excluding carboxylic acids is 4. The summed E-state index contributed by atoms with van der Waals surface area (Å²) in [4.78, 5) is 53.8. The minimum absolute atomic E-state index is 0.0678. The molecule has 4 aromatic rings. The van der Waals surface area contributed by atoms with Gasteiger partial charge in [0, 0.05) is 87.3 Å². The molecule has 0 radical (unpaired) electrons. The summed E-state index contributed by atoms with van der Waals surface area (Å²) in [5.41, 5.74) is 4.60. The van der Waals surface area contributed by atoms with Gasteiger partial charge in [0.15, 0.2) is 0 Å². The Morgan fingerprint density at radius 3 is 1.29 bits per heavy atom. The van der Waals surface area contributed by atoms with E-state index < -0.39 is 32.1 Å². The maximum atomic E-state index is 13.2. The number of fused-ring (bicyclic) bond motifs is 2. The molecule has 20 nitrogen and oxygen atoms in total. The average Bonchev–Trinajstić information content (AvgIpc) is 4.31. The van der Waals surface area contributed by atoms with Crippen LogP contribution in [0.25, 0.3) is 0 Å². The highest BCUT2D eigenvalue weighted by atomic mass is 35.5. The van der Waals surface area contributed by atoms with Crippen LogP contribution in [0.3, 0.4) is 0 Å². The van der Waals surface area contributed by atoms with E-state index in [9.17, 15) is 46.5 Å². The Bertz CT molecular complexity index is 2960. The summed E-state index contributed by atoms with van der Waals surface area (Å²) in [5, 5.41) is 30.9. The molecule has 0 bridgehead atoms. The van der Waals surface area contributed by atoms with E-state index in [0.717, 1.165) is 22.3 Å². The summed E-state index contributed by atoms with van der Waals surface area (Å²) >= 11 is 12.4. The number of halogens is 2. The maximum Gasteiger partial charge on any atom is 0.314 e. The molecule has 2 fully saturated rings. The van der Waals surface area contributed by atoms with Gasteiger partial charge >= 0.3 is 12.1 Å². The number of hydrogen-bond acceptors (Lipinski definition) is 12. The lowest BCUT2D eigenvalue weighted by molar-refractivity contribution is -0.131. The van der Waals surface area contributed by atoms with Gasteiger partial charge in [0.2, 0.25) is 31.9 Å². The number of hydrogen-bond donors (Lipinski definition) is 6. The second kappa shape index (κ2) is 26.3. The number of carbonyl (C=O) groups is 4. The van der Waals surface area contributed by atoms with Gasteiger partial charge in [-0.25, -0.2) is 35.9 Å². The molecule has 2 aliphatic carbocycles. The smallest absolute Gasteiger partial charge is 0.314 e. The van der Waals surface area contributed by atoms with Crippen LogP contribution in [0.1, 0.15) is 110 Å². The number of urea groups is 2. The zero-order chi connectivity index (χ0) is 55.4. The lowest BCUT2D eigenvalue weighted by atomic mass is 10.0. The van der Waals surface area contributed by atoms with E-state index in [-0.39, 0.29) is 84.9 Å². The van der Waals surface area contributed by atoms with Gasteiger partial charge in [-0.05, 0) is 159 Å². The number of sulfonamides is 2. The highest BCUT2D eigenvalue weighted by Crippen LogP contribution is 2.40.